The molecule has 0 aliphatic heterocycles. The monoisotopic (exact) mass is 256 g/mol. The number of aromatic nitrogens is 1. The zero-order valence-corrected chi connectivity index (χ0v) is 10.7. The molecule has 1 N–H and O–H groups in total. The van der Waals surface area contributed by atoms with Gasteiger partial charge in [0.1, 0.15) is 11.9 Å². The van der Waals surface area contributed by atoms with Crippen molar-refractivity contribution in [1.82, 2.24) is 4.98 Å². The molecule has 0 radical (unpaired) electrons. The fraction of sp³-hybridized carbons (Fsp3) is 0.200. The van der Waals surface area contributed by atoms with Crippen LogP contribution in [0, 0.1) is 0 Å². The summed E-state index contributed by atoms with van der Waals surface area (Å²) in [5.74, 6) is 0.331. The van der Waals surface area contributed by atoms with E-state index in [0.29, 0.717) is 12.4 Å². The fourth-order valence-electron chi connectivity index (χ4n) is 1.54. The molecule has 1 amide bonds. The van der Waals surface area contributed by atoms with Gasteiger partial charge in [0, 0.05) is 6.20 Å². The number of ether oxygens (including phenoxy) is 1. The van der Waals surface area contributed by atoms with Crippen molar-refractivity contribution in [3.05, 3.63) is 60.3 Å². The zero-order valence-electron chi connectivity index (χ0n) is 10.7. The number of pyridine rings is 1. The number of nitrogens with zero attached hydrogens (tertiary/aromatic N) is 1. The summed E-state index contributed by atoms with van der Waals surface area (Å²) < 4.78 is 5.52. The van der Waals surface area contributed by atoms with E-state index in [0.717, 1.165) is 5.56 Å². The minimum atomic E-state index is -0.526. The smallest absolute Gasteiger partial charge is 0.254 e. The lowest BCUT2D eigenvalue weighted by Crippen LogP contribution is -2.27. The predicted octanol–water partition coefficient (Wildman–Crippen LogP) is 2.63. The molecule has 0 aliphatic carbocycles. The highest BCUT2D eigenvalue weighted by Gasteiger charge is 2.13. The number of benzene rings is 1. The Kier molecular flexibility index (Phi) is 4.64. The summed E-state index contributed by atoms with van der Waals surface area (Å²) in [4.78, 5) is 15.9. The summed E-state index contributed by atoms with van der Waals surface area (Å²) >= 11 is 0. The highest BCUT2D eigenvalue weighted by molar-refractivity contribution is 5.92. The molecule has 0 bridgehead atoms. The summed E-state index contributed by atoms with van der Waals surface area (Å²) in [6.07, 6.45) is 1.10. The quantitative estimate of drug-likeness (QED) is 0.894. The zero-order chi connectivity index (χ0) is 13.5. The number of hydrogen-bond acceptors (Lipinski definition) is 3. The molecule has 98 valence electrons. The van der Waals surface area contributed by atoms with Crippen molar-refractivity contribution in [3.8, 4) is 0 Å². The van der Waals surface area contributed by atoms with Gasteiger partial charge in [-0.3, -0.25) is 4.79 Å². The van der Waals surface area contributed by atoms with E-state index >= 15 is 0 Å². The molecule has 4 heteroatoms. The Labute approximate surface area is 112 Å². The van der Waals surface area contributed by atoms with Crippen molar-refractivity contribution >= 4 is 11.7 Å². The topological polar surface area (TPSA) is 51.2 Å². The van der Waals surface area contributed by atoms with Crippen LogP contribution < -0.4 is 5.32 Å². The standard InChI is InChI=1S/C15H16N2O2/c1-12(19-11-13-7-3-2-4-8-13)15(18)17-14-9-5-6-10-16-14/h2-10,12H,11H2,1H3,(H,16,17,18)/t12-/m0/s1. The van der Waals surface area contributed by atoms with Gasteiger partial charge in [0.15, 0.2) is 0 Å². The lowest BCUT2D eigenvalue weighted by molar-refractivity contribution is -0.127. The van der Waals surface area contributed by atoms with Crippen molar-refractivity contribution in [1.29, 1.82) is 0 Å². The van der Waals surface area contributed by atoms with Gasteiger partial charge in [0.05, 0.1) is 6.61 Å². The molecule has 19 heavy (non-hydrogen) atoms. The van der Waals surface area contributed by atoms with Gasteiger partial charge in [-0.1, -0.05) is 36.4 Å². The maximum atomic E-state index is 11.9. The molecule has 1 atom stereocenters. The number of carbonyl (C=O) groups excluding carboxylic acids is 1. The molecular formula is C15H16N2O2. The van der Waals surface area contributed by atoms with E-state index in [1.165, 1.54) is 0 Å². The highest BCUT2D eigenvalue weighted by Crippen LogP contribution is 2.06. The lowest BCUT2D eigenvalue weighted by Gasteiger charge is -2.12. The van der Waals surface area contributed by atoms with Crippen molar-refractivity contribution in [2.75, 3.05) is 5.32 Å². The molecule has 2 rings (SSSR count). The Balaban J connectivity index is 1.83. The number of carbonyl (C=O) groups is 1. The van der Waals surface area contributed by atoms with Gasteiger partial charge < -0.3 is 10.1 Å². The van der Waals surface area contributed by atoms with E-state index in [2.05, 4.69) is 10.3 Å². The van der Waals surface area contributed by atoms with Crippen LogP contribution in [0.15, 0.2) is 54.7 Å². The van der Waals surface area contributed by atoms with Gasteiger partial charge in [0.25, 0.3) is 5.91 Å². The minimum Gasteiger partial charge on any atom is -0.364 e. The third kappa shape index (κ3) is 4.19. The third-order valence-electron chi connectivity index (χ3n) is 2.63. The number of anilines is 1. The lowest BCUT2D eigenvalue weighted by atomic mass is 10.2. The largest absolute Gasteiger partial charge is 0.364 e. The molecule has 0 spiro atoms. The molecule has 0 aliphatic rings. The van der Waals surface area contributed by atoms with E-state index in [4.69, 9.17) is 4.74 Å². The number of rotatable bonds is 5. The third-order valence-corrected chi connectivity index (χ3v) is 2.63. The predicted molar refractivity (Wildman–Crippen MR) is 73.6 cm³/mol. The summed E-state index contributed by atoms with van der Waals surface area (Å²) in [5, 5.41) is 2.70. The van der Waals surface area contributed by atoms with Crippen molar-refractivity contribution < 1.29 is 9.53 Å². The first-order chi connectivity index (χ1) is 9.25. The normalized spacial score (nSPS) is 11.8. The maximum Gasteiger partial charge on any atom is 0.254 e. The van der Waals surface area contributed by atoms with Crippen LogP contribution in [-0.4, -0.2) is 17.0 Å². The summed E-state index contributed by atoms with van der Waals surface area (Å²) in [6.45, 7) is 2.14. The van der Waals surface area contributed by atoms with Crippen LogP contribution in [0.25, 0.3) is 0 Å². The number of nitrogens with one attached hydrogen (secondary N) is 1. The van der Waals surface area contributed by atoms with Gasteiger partial charge in [-0.2, -0.15) is 0 Å². The van der Waals surface area contributed by atoms with Gasteiger partial charge in [0.2, 0.25) is 0 Å². The first-order valence-corrected chi connectivity index (χ1v) is 6.13. The minimum absolute atomic E-state index is 0.199. The SMILES string of the molecule is C[C@H](OCc1ccccc1)C(=O)Nc1ccccn1. The van der Waals surface area contributed by atoms with Crippen LogP contribution in [0.1, 0.15) is 12.5 Å². The second-order valence-electron chi connectivity index (χ2n) is 4.14. The summed E-state index contributed by atoms with van der Waals surface area (Å²) in [5.41, 5.74) is 1.04. The van der Waals surface area contributed by atoms with Crippen LogP contribution in [0.5, 0.6) is 0 Å². The first kappa shape index (κ1) is 13.2. The van der Waals surface area contributed by atoms with Crippen molar-refractivity contribution in [2.45, 2.75) is 19.6 Å². The van der Waals surface area contributed by atoms with Crippen LogP contribution in [0.3, 0.4) is 0 Å². The fourth-order valence-corrected chi connectivity index (χ4v) is 1.54. The van der Waals surface area contributed by atoms with Crippen molar-refractivity contribution in [2.24, 2.45) is 0 Å². The molecule has 0 saturated carbocycles. The molecule has 1 aromatic carbocycles. The van der Waals surface area contributed by atoms with Crippen LogP contribution in [0.4, 0.5) is 5.82 Å². The van der Waals surface area contributed by atoms with E-state index in [1.54, 1.807) is 25.3 Å². The van der Waals surface area contributed by atoms with Crippen LogP contribution >= 0.6 is 0 Å². The Morgan fingerprint density at radius 3 is 2.63 bits per heavy atom. The van der Waals surface area contributed by atoms with E-state index < -0.39 is 6.10 Å². The Morgan fingerprint density at radius 2 is 1.95 bits per heavy atom. The second-order valence-corrected chi connectivity index (χ2v) is 4.14. The van der Waals surface area contributed by atoms with Crippen LogP contribution in [-0.2, 0) is 16.1 Å². The van der Waals surface area contributed by atoms with Gasteiger partial charge in [-0.25, -0.2) is 4.98 Å². The molecule has 0 fully saturated rings. The summed E-state index contributed by atoms with van der Waals surface area (Å²) in [7, 11) is 0. The molecule has 0 unspecified atom stereocenters. The average Bonchev–Trinajstić information content (AvgIpc) is 2.47. The van der Waals surface area contributed by atoms with E-state index in [9.17, 15) is 4.79 Å². The van der Waals surface area contributed by atoms with Gasteiger partial charge >= 0.3 is 0 Å². The number of amides is 1. The molecule has 0 saturated heterocycles. The highest BCUT2D eigenvalue weighted by atomic mass is 16.5. The second kappa shape index (κ2) is 6.66. The molecule has 1 aromatic heterocycles. The van der Waals surface area contributed by atoms with Gasteiger partial charge in [-0.15, -0.1) is 0 Å². The molecular weight excluding hydrogens is 240 g/mol. The van der Waals surface area contributed by atoms with E-state index in [-0.39, 0.29) is 5.91 Å². The Hall–Kier alpha value is -2.20. The van der Waals surface area contributed by atoms with Crippen LogP contribution in [0.2, 0.25) is 0 Å². The maximum absolute atomic E-state index is 11.9. The first-order valence-electron chi connectivity index (χ1n) is 6.13. The van der Waals surface area contributed by atoms with Crippen molar-refractivity contribution in [3.63, 3.8) is 0 Å². The Bertz CT molecular complexity index is 514. The number of hydrogen-bond donors (Lipinski definition) is 1. The van der Waals surface area contributed by atoms with Gasteiger partial charge in [-0.05, 0) is 24.6 Å². The summed E-state index contributed by atoms with van der Waals surface area (Å²) in [6, 6.07) is 15.1. The molecule has 1 heterocycles. The van der Waals surface area contributed by atoms with E-state index in [1.807, 2.05) is 36.4 Å². The average molecular weight is 256 g/mol. The Morgan fingerprint density at radius 1 is 1.21 bits per heavy atom. The molecule has 4 nitrogen and oxygen atoms in total. The molecule has 2 aromatic rings.